The van der Waals surface area contributed by atoms with E-state index in [-0.39, 0.29) is 5.60 Å². The Morgan fingerprint density at radius 3 is 2.30 bits per heavy atom. The summed E-state index contributed by atoms with van der Waals surface area (Å²) in [4.78, 5) is 0. The van der Waals surface area contributed by atoms with E-state index in [2.05, 4.69) is 82.6 Å². The third-order valence-corrected chi connectivity index (χ3v) is 5.19. The molecule has 0 heterocycles. The van der Waals surface area contributed by atoms with Crippen LogP contribution < -0.4 is 0 Å². The van der Waals surface area contributed by atoms with E-state index in [9.17, 15) is 0 Å². The van der Waals surface area contributed by atoms with Gasteiger partial charge in [-0.25, -0.2) is 0 Å². The van der Waals surface area contributed by atoms with E-state index in [1.807, 2.05) is 0 Å². The molecule has 0 unspecified atom stereocenters. The summed E-state index contributed by atoms with van der Waals surface area (Å²) >= 11 is 0. The van der Waals surface area contributed by atoms with Gasteiger partial charge in [-0.05, 0) is 74.8 Å². The fourth-order valence-corrected chi connectivity index (χ4v) is 3.86. The minimum Gasteiger partial charge on any atom is -0.376 e. The van der Waals surface area contributed by atoms with Gasteiger partial charge in [0.05, 0.1) is 5.60 Å². The molecule has 2 aromatic rings. The van der Waals surface area contributed by atoms with Crippen molar-refractivity contribution < 1.29 is 4.74 Å². The second-order valence-electron chi connectivity index (χ2n) is 8.57. The summed E-state index contributed by atoms with van der Waals surface area (Å²) in [6, 6.07) is 17.5. The van der Waals surface area contributed by atoms with Gasteiger partial charge in [-0.1, -0.05) is 66.9 Å². The van der Waals surface area contributed by atoms with Crippen LogP contribution in [-0.4, -0.2) is 12.2 Å². The molecule has 1 heteroatoms. The fraction of sp³-hybridized carbons (Fsp3) is 0.423. The standard InChI is InChI=1S/C26H33O/c1-20-19-22-15-12-17-24(21-13-8-7-9-14-21)25(22)23(20)16-10-5-6-11-18-27-26(2,3)4/h7-9,12-15,17,19H,5-6,10-11,16,18H2,1-4H3. The first-order valence-electron chi connectivity index (χ1n) is 10.3. The van der Waals surface area contributed by atoms with E-state index in [0.717, 1.165) is 13.0 Å². The van der Waals surface area contributed by atoms with E-state index in [4.69, 9.17) is 4.74 Å². The van der Waals surface area contributed by atoms with E-state index < -0.39 is 0 Å². The molecule has 1 radical (unpaired) electrons. The lowest BCUT2D eigenvalue weighted by atomic mass is 9.91. The third-order valence-electron chi connectivity index (χ3n) is 5.19. The molecule has 0 bridgehead atoms. The molecule has 2 aromatic carbocycles. The second-order valence-corrected chi connectivity index (χ2v) is 8.57. The highest BCUT2D eigenvalue weighted by atomic mass is 16.5. The number of rotatable bonds is 8. The maximum absolute atomic E-state index is 5.82. The average Bonchev–Trinajstić information content (AvgIpc) is 2.96. The summed E-state index contributed by atoms with van der Waals surface area (Å²) in [6.45, 7) is 9.52. The van der Waals surface area contributed by atoms with E-state index in [1.165, 1.54) is 59.1 Å². The average molecular weight is 362 g/mol. The molecule has 27 heavy (non-hydrogen) atoms. The van der Waals surface area contributed by atoms with Crippen LogP contribution in [0.2, 0.25) is 0 Å². The van der Waals surface area contributed by atoms with Crippen LogP contribution >= 0.6 is 0 Å². The molecule has 0 aromatic heterocycles. The highest BCUT2D eigenvalue weighted by molar-refractivity contribution is 5.89. The normalized spacial score (nSPS) is 13.9. The zero-order chi connectivity index (χ0) is 19.3. The SMILES string of the molecule is CC1=C(CCCCCCOC(C)(C)C)c2c(cccc2-c2ccccc2)[CH]1. The molecule has 0 amide bonds. The van der Waals surface area contributed by atoms with Gasteiger partial charge in [-0.3, -0.25) is 0 Å². The van der Waals surface area contributed by atoms with Gasteiger partial charge < -0.3 is 4.74 Å². The predicted molar refractivity (Wildman–Crippen MR) is 117 cm³/mol. The Balaban J connectivity index is 1.60. The zero-order valence-corrected chi connectivity index (χ0v) is 17.3. The lowest BCUT2D eigenvalue weighted by molar-refractivity contribution is -0.00472. The van der Waals surface area contributed by atoms with Gasteiger partial charge in [0.2, 0.25) is 0 Å². The Labute approximate surface area is 165 Å². The molecule has 0 saturated carbocycles. The first-order valence-corrected chi connectivity index (χ1v) is 10.3. The molecule has 0 atom stereocenters. The van der Waals surface area contributed by atoms with Crippen LogP contribution in [0.3, 0.4) is 0 Å². The number of hydrogen-bond donors (Lipinski definition) is 0. The van der Waals surface area contributed by atoms with Crippen LogP contribution in [0.1, 0.15) is 70.9 Å². The lowest BCUT2D eigenvalue weighted by Gasteiger charge is -2.19. The van der Waals surface area contributed by atoms with Crippen LogP contribution in [0.15, 0.2) is 54.1 Å². The number of benzene rings is 2. The molecular formula is C26H33O. The van der Waals surface area contributed by atoms with E-state index in [0.29, 0.717) is 0 Å². The van der Waals surface area contributed by atoms with Crippen molar-refractivity contribution in [2.75, 3.05) is 6.61 Å². The fourth-order valence-electron chi connectivity index (χ4n) is 3.86. The highest BCUT2D eigenvalue weighted by Gasteiger charge is 2.22. The number of hydrogen-bond acceptors (Lipinski definition) is 1. The highest BCUT2D eigenvalue weighted by Crippen LogP contribution is 2.42. The molecule has 0 fully saturated rings. The van der Waals surface area contributed by atoms with Gasteiger partial charge in [0.25, 0.3) is 0 Å². The summed E-state index contributed by atoms with van der Waals surface area (Å²) in [5.41, 5.74) is 8.47. The van der Waals surface area contributed by atoms with Crippen LogP contribution in [0, 0.1) is 6.42 Å². The van der Waals surface area contributed by atoms with Crippen LogP contribution in [0.25, 0.3) is 16.7 Å². The van der Waals surface area contributed by atoms with Crippen molar-refractivity contribution in [1.82, 2.24) is 0 Å². The summed E-state index contributed by atoms with van der Waals surface area (Å²) in [6.07, 6.45) is 8.45. The lowest BCUT2D eigenvalue weighted by Crippen LogP contribution is -2.19. The van der Waals surface area contributed by atoms with Gasteiger partial charge in [-0.2, -0.15) is 0 Å². The summed E-state index contributed by atoms with van der Waals surface area (Å²) in [5, 5.41) is 0. The van der Waals surface area contributed by atoms with Crippen molar-refractivity contribution in [3.05, 3.63) is 71.7 Å². The van der Waals surface area contributed by atoms with Gasteiger partial charge >= 0.3 is 0 Å². The van der Waals surface area contributed by atoms with E-state index in [1.54, 1.807) is 0 Å². The Morgan fingerprint density at radius 2 is 1.56 bits per heavy atom. The number of fused-ring (bicyclic) bond motifs is 1. The van der Waals surface area contributed by atoms with Gasteiger partial charge in [0.15, 0.2) is 0 Å². The minimum atomic E-state index is -0.0147. The number of allylic oxidation sites excluding steroid dienone is 2. The van der Waals surface area contributed by atoms with E-state index >= 15 is 0 Å². The Kier molecular flexibility index (Phi) is 6.55. The van der Waals surface area contributed by atoms with Crippen molar-refractivity contribution in [1.29, 1.82) is 0 Å². The molecule has 143 valence electrons. The van der Waals surface area contributed by atoms with Gasteiger partial charge in [0.1, 0.15) is 0 Å². The Hall–Kier alpha value is -1.86. The van der Waals surface area contributed by atoms with Crippen molar-refractivity contribution >= 4 is 5.57 Å². The minimum absolute atomic E-state index is 0.0147. The number of ether oxygens (including phenoxy) is 1. The molecule has 3 rings (SSSR count). The van der Waals surface area contributed by atoms with Gasteiger partial charge in [-0.15, -0.1) is 0 Å². The smallest absolute Gasteiger partial charge is 0.0598 e. The molecule has 0 N–H and O–H groups in total. The maximum atomic E-state index is 5.82. The number of unbranched alkanes of at least 4 members (excludes halogenated alkanes) is 3. The molecule has 1 nitrogen and oxygen atoms in total. The summed E-state index contributed by atoms with van der Waals surface area (Å²) in [7, 11) is 0. The van der Waals surface area contributed by atoms with Crippen LogP contribution in [-0.2, 0) is 4.74 Å². The first kappa shape index (κ1) is 19.9. The van der Waals surface area contributed by atoms with Crippen molar-refractivity contribution in [3.63, 3.8) is 0 Å². The molecule has 1 aliphatic rings. The maximum Gasteiger partial charge on any atom is 0.0598 e. The zero-order valence-electron chi connectivity index (χ0n) is 17.3. The molecule has 0 spiro atoms. The predicted octanol–water partition coefficient (Wildman–Crippen LogP) is 7.46. The molecule has 0 saturated heterocycles. The first-order chi connectivity index (χ1) is 13.0. The van der Waals surface area contributed by atoms with Crippen molar-refractivity contribution in [2.45, 2.75) is 65.4 Å². The van der Waals surface area contributed by atoms with Crippen LogP contribution in [0.4, 0.5) is 0 Å². The summed E-state index contributed by atoms with van der Waals surface area (Å²) in [5.74, 6) is 0. The van der Waals surface area contributed by atoms with Gasteiger partial charge in [0, 0.05) is 13.0 Å². The quantitative estimate of drug-likeness (QED) is 0.443. The second kappa shape index (κ2) is 8.89. The van der Waals surface area contributed by atoms with Crippen molar-refractivity contribution in [3.8, 4) is 11.1 Å². The third kappa shape index (κ3) is 5.32. The topological polar surface area (TPSA) is 9.23 Å². The molecule has 0 aliphatic heterocycles. The van der Waals surface area contributed by atoms with Crippen LogP contribution in [0.5, 0.6) is 0 Å². The largest absolute Gasteiger partial charge is 0.376 e. The monoisotopic (exact) mass is 361 g/mol. The Morgan fingerprint density at radius 1 is 0.815 bits per heavy atom. The van der Waals surface area contributed by atoms with Crippen molar-refractivity contribution in [2.24, 2.45) is 0 Å². The Bertz CT molecular complexity index is 778. The molecular weight excluding hydrogens is 328 g/mol. The summed E-state index contributed by atoms with van der Waals surface area (Å²) < 4.78 is 5.82. The molecule has 1 aliphatic carbocycles.